The van der Waals surface area contributed by atoms with E-state index in [-0.39, 0.29) is 5.56 Å². The van der Waals surface area contributed by atoms with Gasteiger partial charge in [-0.2, -0.15) is 5.10 Å². The van der Waals surface area contributed by atoms with Crippen LogP contribution in [0.5, 0.6) is 17.2 Å². The Kier molecular flexibility index (Phi) is 3.45. The van der Waals surface area contributed by atoms with Gasteiger partial charge in [0.25, 0.3) is 5.91 Å². The third kappa shape index (κ3) is 2.66. The van der Waals surface area contributed by atoms with E-state index in [1.165, 1.54) is 19.3 Å². The summed E-state index contributed by atoms with van der Waals surface area (Å²) in [6.07, 6.45) is 6.76. The number of hydrogen-bond acceptors (Lipinski definition) is 5. The second-order valence-corrected chi connectivity index (χ2v) is 5.92. The second-order valence-electron chi connectivity index (χ2n) is 5.92. The number of hydrazone groups is 1. The molecule has 112 valence electrons. The molecular weight excluding hydrogens is 272 g/mol. The molecule has 2 aliphatic rings. The summed E-state index contributed by atoms with van der Waals surface area (Å²) < 4.78 is 0. The molecule has 2 aliphatic carbocycles. The number of carbonyl (C=O) groups is 1. The van der Waals surface area contributed by atoms with E-state index in [1.807, 2.05) is 0 Å². The average Bonchev–Trinajstić information content (AvgIpc) is 3.06. The van der Waals surface area contributed by atoms with Crippen LogP contribution in [0.4, 0.5) is 0 Å². The van der Waals surface area contributed by atoms with E-state index in [0.717, 1.165) is 24.5 Å². The monoisotopic (exact) mass is 290 g/mol. The molecule has 0 radical (unpaired) electrons. The first-order chi connectivity index (χ1) is 10.0. The summed E-state index contributed by atoms with van der Waals surface area (Å²) in [5, 5.41) is 32.0. The molecule has 21 heavy (non-hydrogen) atoms. The van der Waals surface area contributed by atoms with E-state index >= 15 is 0 Å². The molecule has 0 heterocycles. The van der Waals surface area contributed by atoms with Crippen molar-refractivity contribution in [2.45, 2.75) is 25.7 Å². The van der Waals surface area contributed by atoms with Crippen LogP contribution in [0.3, 0.4) is 0 Å². The van der Waals surface area contributed by atoms with Crippen molar-refractivity contribution < 1.29 is 20.1 Å². The minimum absolute atomic E-state index is 0.0351. The van der Waals surface area contributed by atoms with Crippen molar-refractivity contribution in [3.8, 4) is 17.2 Å². The molecule has 4 N–H and O–H groups in total. The number of phenolic OH excluding ortho intramolecular Hbond substituents is 3. The number of benzene rings is 1. The molecule has 0 spiro atoms. The van der Waals surface area contributed by atoms with E-state index < -0.39 is 23.2 Å². The Bertz CT molecular complexity index is 576. The Hall–Kier alpha value is -2.24. The van der Waals surface area contributed by atoms with Crippen molar-refractivity contribution in [2.24, 2.45) is 22.9 Å². The van der Waals surface area contributed by atoms with Crippen molar-refractivity contribution in [3.63, 3.8) is 0 Å². The van der Waals surface area contributed by atoms with Gasteiger partial charge in [-0.25, -0.2) is 5.43 Å². The number of carbonyl (C=O) groups excluding carboxylic acids is 1. The maximum Gasteiger partial charge on any atom is 0.271 e. The molecule has 0 aliphatic heterocycles. The van der Waals surface area contributed by atoms with Gasteiger partial charge in [-0.15, -0.1) is 0 Å². The van der Waals surface area contributed by atoms with E-state index in [0.29, 0.717) is 11.8 Å². The quantitative estimate of drug-likeness (QED) is 0.388. The highest BCUT2D eigenvalue weighted by molar-refractivity contribution is 5.95. The lowest BCUT2D eigenvalue weighted by Gasteiger charge is -2.16. The maximum absolute atomic E-state index is 11.9. The topological polar surface area (TPSA) is 102 Å². The third-order valence-electron chi connectivity index (χ3n) is 4.56. The molecule has 2 saturated carbocycles. The molecule has 6 heteroatoms. The predicted octanol–water partition coefficient (Wildman–Crippen LogP) is 1.96. The van der Waals surface area contributed by atoms with Gasteiger partial charge in [-0.3, -0.25) is 4.79 Å². The SMILES string of the molecule is O=C(N/N=C\[C@@H]1C[C@@H]2CC[C@@H]1C2)c1cc(O)c(O)c(O)c1. The van der Waals surface area contributed by atoms with Gasteiger partial charge in [-0.1, -0.05) is 6.42 Å². The molecule has 1 aromatic rings. The van der Waals surface area contributed by atoms with Gasteiger partial charge in [0.05, 0.1) is 0 Å². The lowest BCUT2D eigenvalue weighted by molar-refractivity contribution is 0.0954. The number of nitrogens with zero attached hydrogens (tertiary/aromatic N) is 1. The first kappa shape index (κ1) is 13.7. The standard InChI is InChI=1S/C15H18N2O4/c18-12-5-10(6-13(19)14(12)20)15(21)17-16-7-11-4-8-1-2-9(11)3-8/h5-9,11,18-20H,1-4H2,(H,17,21)/b16-7-/t8-,9-,11+/m1/s1. The molecule has 0 saturated heterocycles. The smallest absolute Gasteiger partial charge is 0.271 e. The number of nitrogens with one attached hydrogen (secondary N) is 1. The van der Waals surface area contributed by atoms with Crippen LogP contribution in [0.1, 0.15) is 36.0 Å². The minimum atomic E-state index is -0.642. The fourth-order valence-corrected chi connectivity index (χ4v) is 3.47. The molecule has 2 bridgehead atoms. The number of hydrogen-bond donors (Lipinski definition) is 4. The van der Waals surface area contributed by atoms with E-state index in [2.05, 4.69) is 10.5 Å². The number of amides is 1. The van der Waals surface area contributed by atoms with Crippen molar-refractivity contribution in [3.05, 3.63) is 17.7 Å². The van der Waals surface area contributed by atoms with Crippen molar-refractivity contribution in [1.82, 2.24) is 5.43 Å². The van der Waals surface area contributed by atoms with Gasteiger partial charge in [0, 0.05) is 11.8 Å². The Labute approximate surface area is 122 Å². The van der Waals surface area contributed by atoms with Gasteiger partial charge >= 0.3 is 0 Å². The van der Waals surface area contributed by atoms with Crippen molar-refractivity contribution >= 4 is 12.1 Å². The summed E-state index contributed by atoms with van der Waals surface area (Å²) in [4.78, 5) is 11.9. The summed E-state index contributed by atoms with van der Waals surface area (Å²) in [5.74, 6) is -0.331. The number of phenols is 3. The minimum Gasteiger partial charge on any atom is -0.504 e. The highest BCUT2D eigenvalue weighted by Crippen LogP contribution is 2.47. The first-order valence-electron chi connectivity index (χ1n) is 7.13. The maximum atomic E-state index is 11.9. The molecule has 1 amide bonds. The van der Waals surface area contributed by atoms with Crippen LogP contribution in [0.2, 0.25) is 0 Å². The Balaban J connectivity index is 1.61. The fourth-order valence-electron chi connectivity index (χ4n) is 3.47. The highest BCUT2D eigenvalue weighted by atomic mass is 16.3. The molecule has 6 nitrogen and oxygen atoms in total. The molecule has 0 unspecified atom stereocenters. The Morgan fingerprint density at radius 1 is 1.19 bits per heavy atom. The van der Waals surface area contributed by atoms with Crippen LogP contribution in [-0.4, -0.2) is 27.4 Å². The zero-order valence-corrected chi connectivity index (χ0v) is 11.5. The summed E-state index contributed by atoms with van der Waals surface area (Å²) in [7, 11) is 0. The first-order valence-corrected chi connectivity index (χ1v) is 7.13. The molecule has 3 rings (SSSR count). The molecule has 1 aromatic carbocycles. The van der Waals surface area contributed by atoms with Gasteiger partial charge < -0.3 is 15.3 Å². The molecule has 0 aromatic heterocycles. The summed E-state index contributed by atoms with van der Waals surface area (Å²) in [6, 6.07) is 2.16. The summed E-state index contributed by atoms with van der Waals surface area (Å²) in [6.45, 7) is 0. The second kappa shape index (κ2) is 5.27. The number of aromatic hydroxyl groups is 3. The number of fused-ring (bicyclic) bond motifs is 2. The molecule has 3 atom stereocenters. The lowest BCUT2D eigenvalue weighted by Crippen LogP contribution is -2.20. The third-order valence-corrected chi connectivity index (χ3v) is 4.56. The van der Waals surface area contributed by atoms with E-state index in [4.69, 9.17) is 0 Å². The highest BCUT2D eigenvalue weighted by Gasteiger charge is 2.38. The summed E-state index contributed by atoms with van der Waals surface area (Å²) in [5.41, 5.74) is 2.42. The average molecular weight is 290 g/mol. The van der Waals surface area contributed by atoms with Crippen LogP contribution in [0.15, 0.2) is 17.2 Å². The fraction of sp³-hybridized carbons (Fsp3) is 0.467. The zero-order valence-electron chi connectivity index (χ0n) is 11.5. The van der Waals surface area contributed by atoms with Gasteiger partial charge in [0.2, 0.25) is 0 Å². The van der Waals surface area contributed by atoms with Gasteiger partial charge in [-0.05, 0) is 49.1 Å². The van der Waals surface area contributed by atoms with Crippen LogP contribution in [0.25, 0.3) is 0 Å². The van der Waals surface area contributed by atoms with Crippen LogP contribution in [0, 0.1) is 17.8 Å². The van der Waals surface area contributed by atoms with Crippen molar-refractivity contribution in [2.75, 3.05) is 0 Å². The zero-order chi connectivity index (χ0) is 15.0. The van der Waals surface area contributed by atoms with E-state index in [1.54, 1.807) is 6.21 Å². The predicted molar refractivity (Wildman–Crippen MR) is 76.3 cm³/mol. The summed E-state index contributed by atoms with van der Waals surface area (Å²) >= 11 is 0. The van der Waals surface area contributed by atoms with E-state index in [9.17, 15) is 20.1 Å². The molecule has 2 fully saturated rings. The van der Waals surface area contributed by atoms with Crippen LogP contribution in [-0.2, 0) is 0 Å². The van der Waals surface area contributed by atoms with Crippen molar-refractivity contribution in [1.29, 1.82) is 0 Å². The van der Waals surface area contributed by atoms with Gasteiger partial charge in [0.15, 0.2) is 17.2 Å². The van der Waals surface area contributed by atoms with Crippen LogP contribution >= 0.6 is 0 Å². The van der Waals surface area contributed by atoms with Crippen LogP contribution < -0.4 is 5.43 Å². The lowest BCUT2D eigenvalue weighted by atomic mass is 9.90. The normalized spacial score (nSPS) is 27.3. The Morgan fingerprint density at radius 3 is 2.48 bits per heavy atom. The largest absolute Gasteiger partial charge is 0.504 e. The van der Waals surface area contributed by atoms with Gasteiger partial charge in [0.1, 0.15) is 0 Å². The molecular formula is C15H18N2O4. The number of rotatable bonds is 3. The Morgan fingerprint density at radius 2 is 1.90 bits per heavy atom.